The van der Waals surface area contributed by atoms with Gasteiger partial charge in [-0.1, -0.05) is 6.92 Å². The lowest BCUT2D eigenvalue weighted by molar-refractivity contribution is 0.560. The van der Waals surface area contributed by atoms with Crippen molar-refractivity contribution >= 4 is 39.8 Å². The van der Waals surface area contributed by atoms with Crippen LogP contribution in [0.1, 0.15) is 41.0 Å². The highest BCUT2D eigenvalue weighted by Gasteiger charge is 2.33. The lowest BCUT2D eigenvalue weighted by Crippen LogP contribution is -2.39. The van der Waals surface area contributed by atoms with Crippen LogP contribution in [0.25, 0.3) is 0 Å². The lowest BCUT2D eigenvalue weighted by atomic mass is 10.3. The zero-order valence-corrected chi connectivity index (χ0v) is 16.2. The molecule has 5 nitrogen and oxygen atoms in total. The first-order valence-corrected chi connectivity index (χ1v) is 8.59. The maximum Gasteiger partial charge on any atom is 0.191 e. The molecule has 0 bridgehead atoms. The number of guanidine groups is 1. The van der Waals surface area contributed by atoms with Gasteiger partial charge in [0.1, 0.15) is 0 Å². The highest BCUT2D eigenvalue weighted by Crippen LogP contribution is 2.28. The van der Waals surface area contributed by atoms with Crippen LogP contribution in [-0.4, -0.2) is 44.0 Å². The molecule has 0 spiro atoms. The van der Waals surface area contributed by atoms with E-state index in [9.17, 15) is 8.42 Å². The van der Waals surface area contributed by atoms with Crippen molar-refractivity contribution < 1.29 is 8.42 Å². The average Bonchev–Trinajstić information content (AvgIpc) is 2.92. The summed E-state index contributed by atoms with van der Waals surface area (Å²) in [5.74, 6) is 1.50. The molecule has 2 unspecified atom stereocenters. The molecule has 0 radical (unpaired) electrons. The van der Waals surface area contributed by atoms with Crippen LogP contribution in [0.4, 0.5) is 0 Å². The number of nitrogens with one attached hydrogen (secondary N) is 2. The summed E-state index contributed by atoms with van der Waals surface area (Å²) in [4.78, 5) is 4.34. The van der Waals surface area contributed by atoms with E-state index in [-0.39, 0.29) is 29.7 Å². The monoisotopic (exact) mass is 417 g/mol. The molecule has 120 valence electrons. The van der Waals surface area contributed by atoms with Crippen molar-refractivity contribution in [3.63, 3.8) is 0 Å². The molecule has 0 saturated heterocycles. The minimum absolute atomic E-state index is 0. The fraction of sp³-hybridized carbons (Fsp3) is 0.923. The van der Waals surface area contributed by atoms with Crippen LogP contribution in [0.2, 0.25) is 0 Å². The fourth-order valence-electron chi connectivity index (χ4n) is 1.60. The highest BCUT2D eigenvalue weighted by molar-refractivity contribution is 14.0. The SMILES string of the molecule is CCNC(=NCCS(=O)(=O)C(C)(C)C)NC1CC1C.I. The van der Waals surface area contributed by atoms with Gasteiger partial charge in [-0.3, -0.25) is 4.99 Å². The molecule has 0 heterocycles. The smallest absolute Gasteiger partial charge is 0.191 e. The van der Waals surface area contributed by atoms with Gasteiger partial charge in [-0.05, 0) is 40.0 Å². The molecule has 0 aromatic carbocycles. The molecule has 1 fully saturated rings. The minimum atomic E-state index is -3.09. The first-order chi connectivity index (χ1) is 8.67. The number of rotatable bonds is 5. The number of hydrogen-bond donors (Lipinski definition) is 2. The molecule has 7 heteroatoms. The molecule has 0 aromatic rings. The van der Waals surface area contributed by atoms with Gasteiger partial charge in [0.05, 0.1) is 17.0 Å². The molecule has 1 rings (SSSR count). The van der Waals surface area contributed by atoms with Crippen molar-refractivity contribution in [2.24, 2.45) is 10.9 Å². The number of sulfone groups is 1. The van der Waals surface area contributed by atoms with E-state index in [1.807, 2.05) is 6.92 Å². The van der Waals surface area contributed by atoms with E-state index in [2.05, 4.69) is 22.5 Å². The molecule has 20 heavy (non-hydrogen) atoms. The van der Waals surface area contributed by atoms with Crippen molar-refractivity contribution in [3.8, 4) is 0 Å². The van der Waals surface area contributed by atoms with Crippen molar-refractivity contribution in [3.05, 3.63) is 0 Å². The van der Waals surface area contributed by atoms with E-state index in [1.54, 1.807) is 20.8 Å². The Balaban J connectivity index is 0.00000361. The zero-order valence-electron chi connectivity index (χ0n) is 13.1. The van der Waals surface area contributed by atoms with E-state index in [0.29, 0.717) is 18.5 Å². The van der Waals surface area contributed by atoms with E-state index in [1.165, 1.54) is 0 Å². The summed E-state index contributed by atoms with van der Waals surface area (Å²) < 4.78 is 23.2. The Bertz CT molecular complexity index is 429. The van der Waals surface area contributed by atoms with Gasteiger partial charge in [0.15, 0.2) is 15.8 Å². The molecular formula is C13H28IN3O2S. The maximum atomic E-state index is 12.0. The van der Waals surface area contributed by atoms with Crippen LogP contribution in [-0.2, 0) is 9.84 Å². The first-order valence-electron chi connectivity index (χ1n) is 6.94. The molecule has 0 amide bonds. The Morgan fingerprint density at radius 1 is 1.35 bits per heavy atom. The second kappa shape index (κ2) is 7.82. The largest absolute Gasteiger partial charge is 0.357 e. The van der Waals surface area contributed by atoms with Gasteiger partial charge < -0.3 is 10.6 Å². The molecule has 0 aliphatic heterocycles. The second-order valence-electron chi connectivity index (χ2n) is 6.16. The molecule has 1 aliphatic rings. The van der Waals surface area contributed by atoms with E-state index >= 15 is 0 Å². The van der Waals surface area contributed by atoms with Gasteiger partial charge >= 0.3 is 0 Å². The summed E-state index contributed by atoms with van der Waals surface area (Å²) in [7, 11) is -3.09. The van der Waals surface area contributed by atoms with Crippen molar-refractivity contribution in [1.82, 2.24) is 10.6 Å². The van der Waals surface area contributed by atoms with Gasteiger partial charge in [0.2, 0.25) is 0 Å². The van der Waals surface area contributed by atoms with Crippen molar-refractivity contribution in [1.29, 1.82) is 0 Å². The summed E-state index contributed by atoms with van der Waals surface area (Å²) in [6, 6.07) is 0.483. The van der Waals surface area contributed by atoms with Crippen LogP contribution in [0.3, 0.4) is 0 Å². The van der Waals surface area contributed by atoms with Gasteiger partial charge in [-0.15, -0.1) is 24.0 Å². The van der Waals surface area contributed by atoms with Gasteiger partial charge in [-0.2, -0.15) is 0 Å². The van der Waals surface area contributed by atoms with E-state index in [4.69, 9.17) is 0 Å². The Hall–Kier alpha value is -0.0500. The van der Waals surface area contributed by atoms with Crippen LogP contribution in [0, 0.1) is 5.92 Å². The molecule has 1 aliphatic carbocycles. The summed E-state index contributed by atoms with van der Waals surface area (Å²) in [5, 5.41) is 6.45. The quantitative estimate of drug-likeness (QED) is 0.407. The summed E-state index contributed by atoms with van der Waals surface area (Å²) in [6.07, 6.45) is 1.16. The van der Waals surface area contributed by atoms with E-state index in [0.717, 1.165) is 18.9 Å². The highest BCUT2D eigenvalue weighted by atomic mass is 127. The molecule has 2 N–H and O–H groups in total. The Morgan fingerprint density at radius 2 is 1.90 bits per heavy atom. The molecule has 0 aromatic heterocycles. The Morgan fingerprint density at radius 3 is 2.30 bits per heavy atom. The van der Waals surface area contributed by atoms with Gasteiger partial charge in [0, 0.05) is 12.6 Å². The lowest BCUT2D eigenvalue weighted by Gasteiger charge is -2.18. The third-order valence-corrected chi connectivity index (χ3v) is 5.92. The zero-order chi connectivity index (χ0) is 14.7. The predicted octanol–water partition coefficient (Wildman–Crippen LogP) is 1.78. The minimum Gasteiger partial charge on any atom is -0.357 e. The third kappa shape index (κ3) is 6.15. The van der Waals surface area contributed by atoms with Crippen molar-refractivity contribution in [2.45, 2.75) is 51.8 Å². The number of nitrogens with zero attached hydrogens (tertiary/aromatic N) is 1. The summed E-state index contributed by atoms with van der Waals surface area (Å²) in [5.41, 5.74) is 0. The standard InChI is InChI=1S/C13H27N3O2S.HI/c1-6-14-12(16-11-9-10(11)2)15-7-8-19(17,18)13(3,4)5;/h10-11H,6-9H2,1-5H3,(H2,14,15,16);1H. The Labute approximate surface area is 140 Å². The number of halogens is 1. The number of aliphatic imine (C=N–C) groups is 1. The van der Waals surface area contributed by atoms with Gasteiger partial charge in [-0.25, -0.2) is 8.42 Å². The second-order valence-corrected chi connectivity index (χ2v) is 9.02. The topological polar surface area (TPSA) is 70.6 Å². The summed E-state index contributed by atoms with van der Waals surface area (Å²) >= 11 is 0. The van der Waals surface area contributed by atoms with E-state index < -0.39 is 14.6 Å². The fourth-order valence-corrected chi connectivity index (χ4v) is 2.55. The first kappa shape index (κ1) is 19.9. The molecular weight excluding hydrogens is 389 g/mol. The van der Waals surface area contributed by atoms with Gasteiger partial charge in [0.25, 0.3) is 0 Å². The van der Waals surface area contributed by atoms with Crippen LogP contribution < -0.4 is 10.6 Å². The third-order valence-electron chi connectivity index (χ3n) is 3.34. The Kier molecular flexibility index (Phi) is 7.80. The van der Waals surface area contributed by atoms with Crippen LogP contribution >= 0.6 is 24.0 Å². The van der Waals surface area contributed by atoms with Crippen LogP contribution in [0.5, 0.6) is 0 Å². The molecule has 2 atom stereocenters. The predicted molar refractivity (Wildman–Crippen MR) is 95.6 cm³/mol. The summed E-state index contributed by atoms with van der Waals surface area (Å²) in [6.45, 7) is 10.4. The maximum absolute atomic E-state index is 12.0. The number of hydrogen-bond acceptors (Lipinski definition) is 3. The van der Waals surface area contributed by atoms with Crippen LogP contribution in [0.15, 0.2) is 4.99 Å². The average molecular weight is 417 g/mol. The normalized spacial score (nSPS) is 22.9. The molecule has 1 saturated carbocycles. The van der Waals surface area contributed by atoms with Crippen molar-refractivity contribution in [2.75, 3.05) is 18.8 Å².